The molecule has 0 atom stereocenters. The van der Waals surface area contributed by atoms with Gasteiger partial charge in [-0.1, -0.05) is 42.1 Å². The molecule has 1 aliphatic rings. The molecule has 1 heterocycles. The van der Waals surface area contributed by atoms with Crippen LogP contribution in [0, 0.1) is 0 Å². The van der Waals surface area contributed by atoms with Gasteiger partial charge in [-0.2, -0.15) is 0 Å². The molecular formula is C23H25N3O2S. The maximum absolute atomic E-state index is 11.8. The molecule has 0 N–H and O–H groups in total. The highest BCUT2D eigenvalue weighted by atomic mass is 32.2. The van der Waals surface area contributed by atoms with E-state index in [1.807, 2.05) is 31.2 Å². The Balaban J connectivity index is 1.58. The first-order valence-corrected chi connectivity index (χ1v) is 11.0. The fourth-order valence-electron chi connectivity index (χ4n) is 3.31. The van der Waals surface area contributed by atoms with Crippen LogP contribution in [0.15, 0.2) is 53.7 Å². The number of nitrogens with zero attached hydrogens (tertiary/aromatic N) is 3. The molecule has 5 nitrogen and oxygen atoms in total. The van der Waals surface area contributed by atoms with E-state index in [2.05, 4.69) is 39.0 Å². The van der Waals surface area contributed by atoms with E-state index < -0.39 is 0 Å². The van der Waals surface area contributed by atoms with Crippen molar-refractivity contribution in [1.29, 1.82) is 0 Å². The molecule has 1 saturated carbocycles. The molecule has 0 amide bonds. The van der Waals surface area contributed by atoms with Crippen molar-refractivity contribution in [2.24, 2.45) is 0 Å². The van der Waals surface area contributed by atoms with E-state index in [1.165, 1.54) is 18.4 Å². The molecule has 2 aromatic carbocycles. The lowest BCUT2D eigenvalue weighted by Gasteiger charge is -2.13. The summed E-state index contributed by atoms with van der Waals surface area (Å²) in [4.78, 5) is 11.8. The summed E-state index contributed by atoms with van der Waals surface area (Å²) >= 11 is 1.64. The van der Waals surface area contributed by atoms with Crippen molar-refractivity contribution in [2.75, 3.05) is 6.61 Å². The summed E-state index contributed by atoms with van der Waals surface area (Å²) in [5.74, 6) is 3.16. The Kier molecular flexibility index (Phi) is 6.00. The molecular weight excluding hydrogens is 382 g/mol. The first-order chi connectivity index (χ1) is 14.2. The van der Waals surface area contributed by atoms with Crippen molar-refractivity contribution < 1.29 is 9.53 Å². The Morgan fingerprint density at radius 1 is 1.17 bits per heavy atom. The summed E-state index contributed by atoms with van der Waals surface area (Å²) in [5, 5.41) is 9.90. The maximum atomic E-state index is 11.8. The van der Waals surface area contributed by atoms with Crippen molar-refractivity contribution in [2.45, 2.75) is 50.1 Å². The van der Waals surface area contributed by atoms with Gasteiger partial charge in [0.25, 0.3) is 0 Å². The first-order valence-electron chi connectivity index (χ1n) is 10.0. The largest absolute Gasteiger partial charge is 0.494 e. The molecule has 0 bridgehead atoms. The maximum Gasteiger partial charge on any atom is 0.191 e. The Bertz CT molecular complexity index is 997. The zero-order valence-electron chi connectivity index (χ0n) is 16.8. The zero-order chi connectivity index (χ0) is 20.2. The Morgan fingerprint density at radius 2 is 1.97 bits per heavy atom. The summed E-state index contributed by atoms with van der Waals surface area (Å²) in [6.45, 7) is 4.92. The SMILES string of the molecule is CCOc1ccc(C(C)=O)cc1CSc1nnc(C2CC2)n1Cc1ccccc1. The van der Waals surface area contributed by atoms with E-state index in [0.717, 1.165) is 28.8 Å². The smallest absolute Gasteiger partial charge is 0.191 e. The standard InChI is InChI=1S/C23H25N3O2S/c1-3-28-21-12-11-19(16(2)27)13-20(21)15-29-23-25-24-22(18-9-10-18)26(23)14-17-7-5-4-6-8-17/h4-8,11-13,18H,3,9-10,14-15H2,1-2H3. The molecule has 0 aliphatic heterocycles. The quantitative estimate of drug-likeness (QED) is 0.365. The first kappa shape index (κ1) is 19.7. The van der Waals surface area contributed by atoms with Crippen LogP contribution in [0.5, 0.6) is 5.75 Å². The lowest BCUT2D eigenvalue weighted by Crippen LogP contribution is -2.06. The molecule has 150 valence electrons. The zero-order valence-corrected chi connectivity index (χ0v) is 17.6. The van der Waals surface area contributed by atoms with Crippen molar-refractivity contribution >= 4 is 17.5 Å². The van der Waals surface area contributed by atoms with Gasteiger partial charge in [-0.3, -0.25) is 4.79 Å². The number of ketones is 1. The summed E-state index contributed by atoms with van der Waals surface area (Å²) in [6, 6.07) is 16.1. The molecule has 1 fully saturated rings. The van der Waals surface area contributed by atoms with Gasteiger partial charge in [-0.05, 0) is 50.5 Å². The minimum atomic E-state index is 0.0579. The van der Waals surface area contributed by atoms with E-state index in [0.29, 0.717) is 23.8 Å². The second-order valence-corrected chi connectivity index (χ2v) is 8.23. The van der Waals surface area contributed by atoms with Gasteiger partial charge in [0.15, 0.2) is 10.9 Å². The highest BCUT2D eigenvalue weighted by Gasteiger charge is 2.30. The molecule has 0 unspecified atom stereocenters. The topological polar surface area (TPSA) is 57.0 Å². The summed E-state index contributed by atoms with van der Waals surface area (Å²) < 4.78 is 8.01. The molecule has 0 saturated heterocycles. The number of ether oxygens (including phenoxy) is 1. The van der Waals surface area contributed by atoms with Crippen LogP contribution in [0.25, 0.3) is 0 Å². The average Bonchev–Trinajstić information content (AvgIpc) is 3.50. The minimum absolute atomic E-state index is 0.0579. The molecule has 29 heavy (non-hydrogen) atoms. The molecule has 0 radical (unpaired) electrons. The van der Waals surface area contributed by atoms with E-state index in [-0.39, 0.29) is 5.78 Å². The molecule has 1 aromatic heterocycles. The van der Waals surface area contributed by atoms with E-state index >= 15 is 0 Å². The van der Waals surface area contributed by atoms with Crippen molar-refractivity contribution in [3.63, 3.8) is 0 Å². The van der Waals surface area contributed by atoms with Gasteiger partial charge in [-0.15, -0.1) is 10.2 Å². The molecule has 0 spiro atoms. The number of benzene rings is 2. The van der Waals surface area contributed by atoms with Gasteiger partial charge >= 0.3 is 0 Å². The van der Waals surface area contributed by atoms with E-state index in [4.69, 9.17) is 4.74 Å². The number of carbonyl (C=O) groups is 1. The Hall–Kier alpha value is -2.60. The van der Waals surface area contributed by atoms with Gasteiger partial charge in [0.2, 0.25) is 0 Å². The number of aromatic nitrogens is 3. The number of thioether (sulfide) groups is 1. The predicted molar refractivity (Wildman–Crippen MR) is 115 cm³/mol. The van der Waals surface area contributed by atoms with Gasteiger partial charge in [0.1, 0.15) is 11.6 Å². The lowest BCUT2D eigenvalue weighted by atomic mass is 10.1. The fraction of sp³-hybridized carbons (Fsp3) is 0.348. The molecule has 1 aliphatic carbocycles. The third-order valence-corrected chi connectivity index (χ3v) is 6.01. The summed E-state index contributed by atoms with van der Waals surface area (Å²) in [5.41, 5.74) is 2.95. The fourth-order valence-corrected chi connectivity index (χ4v) is 4.24. The van der Waals surface area contributed by atoms with Crippen LogP contribution < -0.4 is 4.74 Å². The second-order valence-electron chi connectivity index (χ2n) is 7.29. The van der Waals surface area contributed by atoms with Crippen LogP contribution in [0.1, 0.15) is 59.9 Å². The van der Waals surface area contributed by atoms with Gasteiger partial charge in [-0.25, -0.2) is 0 Å². The predicted octanol–water partition coefficient (Wildman–Crippen LogP) is 5.10. The van der Waals surface area contributed by atoms with Crippen LogP contribution in [0.4, 0.5) is 0 Å². The minimum Gasteiger partial charge on any atom is -0.494 e. The number of hydrogen-bond acceptors (Lipinski definition) is 5. The van der Waals surface area contributed by atoms with Crippen molar-refractivity contribution in [1.82, 2.24) is 14.8 Å². The summed E-state index contributed by atoms with van der Waals surface area (Å²) in [6.07, 6.45) is 2.37. The molecule has 4 rings (SSSR count). The number of hydrogen-bond donors (Lipinski definition) is 0. The number of rotatable bonds is 9. The van der Waals surface area contributed by atoms with Gasteiger partial charge in [0.05, 0.1) is 13.2 Å². The van der Waals surface area contributed by atoms with Crippen molar-refractivity contribution in [3.05, 3.63) is 71.0 Å². The summed E-state index contributed by atoms with van der Waals surface area (Å²) in [7, 11) is 0. The second kappa shape index (κ2) is 8.82. The average molecular weight is 408 g/mol. The number of carbonyl (C=O) groups excluding carboxylic acids is 1. The van der Waals surface area contributed by atoms with Crippen LogP contribution in [0.3, 0.4) is 0 Å². The lowest BCUT2D eigenvalue weighted by molar-refractivity contribution is 0.101. The van der Waals surface area contributed by atoms with E-state index in [9.17, 15) is 4.79 Å². The molecule has 6 heteroatoms. The van der Waals surface area contributed by atoms with Crippen molar-refractivity contribution in [3.8, 4) is 5.75 Å². The Morgan fingerprint density at radius 3 is 2.66 bits per heavy atom. The van der Waals surface area contributed by atoms with Crippen LogP contribution in [-0.4, -0.2) is 27.2 Å². The highest BCUT2D eigenvalue weighted by molar-refractivity contribution is 7.98. The van der Waals surface area contributed by atoms with Crippen LogP contribution in [-0.2, 0) is 12.3 Å². The highest BCUT2D eigenvalue weighted by Crippen LogP contribution is 2.40. The Labute approximate surface area is 175 Å². The monoisotopic (exact) mass is 407 g/mol. The van der Waals surface area contributed by atoms with Crippen LogP contribution in [0.2, 0.25) is 0 Å². The third-order valence-electron chi connectivity index (χ3n) is 5.00. The third kappa shape index (κ3) is 4.70. The van der Waals surface area contributed by atoms with Gasteiger partial charge in [0, 0.05) is 22.8 Å². The van der Waals surface area contributed by atoms with Crippen LogP contribution >= 0.6 is 11.8 Å². The van der Waals surface area contributed by atoms with Gasteiger partial charge < -0.3 is 9.30 Å². The number of Topliss-reactive ketones (excluding diaryl/α,β-unsaturated/α-hetero) is 1. The normalized spacial score (nSPS) is 13.4. The van der Waals surface area contributed by atoms with E-state index in [1.54, 1.807) is 18.7 Å². The molecule has 3 aromatic rings.